The number of ether oxygens (including phenoxy) is 2. The Labute approximate surface area is 293 Å². The average molecular weight is 725 g/mol. The van der Waals surface area contributed by atoms with Crippen molar-refractivity contribution < 1.29 is 46.6 Å². The van der Waals surface area contributed by atoms with E-state index in [9.17, 15) is 37.1 Å². The Bertz CT molecular complexity index is 2010. The molecule has 1 aromatic heterocycles. The van der Waals surface area contributed by atoms with Gasteiger partial charge < -0.3 is 25.2 Å². The van der Waals surface area contributed by atoms with Gasteiger partial charge in [-0.1, -0.05) is 47.7 Å². The summed E-state index contributed by atoms with van der Waals surface area (Å²) in [7, 11) is -0.397. The zero-order valence-electron chi connectivity index (χ0n) is 28.4. The van der Waals surface area contributed by atoms with Gasteiger partial charge in [0.1, 0.15) is 5.82 Å². The Hall–Kier alpha value is -5.68. The van der Waals surface area contributed by atoms with E-state index in [1.54, 1.807) is 37.3 Å². The summed E-state index contributed by atoms with van der Waals surface area (Å²) >= 11 is 0. The summed E-state index contributed by atoms with van der Waals surface area (Å²) in [5, 5.41) is 24.5. The molecule has 0 spiro atoms. The molecule has 0 fully saturated rings. The first-order valence-corrected chi connectivity index (χ1v) is 17.3. The summed E-state index contributed by atoms with van der Waals surface area (Å²) in [6.45, 7) is 1.24. The normalized spacial score (nSPS) is 13.0. The zero-order chi connectivity index (χ0) is 37.5. The molecule has 0 aliphatic rings. The Morgan fingerprint density at radius 3 is 2.08 bits per heavy atom. The first kappa shape index (κ1) is 38.1. The quantitative estimate of drug-likeness (QED) is 0.161. The van der Waals surface area contributed by atoms with E-state index in [1.807, 2.05) is 0 Å². The maximum absolute atomic E-state index is 13.9. The predicted octanol–water partition coefficient (Wildman–Crippen LogP) is 2.28. The van der Waals surface area contributed by atoms with Crippen LogP contribution in [-0.2, 0) is 32.5 Å². The molecule has 0 aliphatic carbocycles. The molecule has 15 nitrogen and oxygen atoms in total. The molecular weight excluding hydrogens is 687 g/mol. The van der Waals surface area contributed by atoms with Gasteiger partial charge in [-0.15, -0.1) is 5.10 Å². The van der Waals surface area contributed by atoms with E-state index in [0.717, 1.165) is 29.5 Å². The molecule has 0 aliphatic heterocycles. The van der Waals surface area contributed by atoms with Crippen LogP contribution in [0.2, 0.25) is 0 Å². The number of nitrogens with one attached hydrogen (secondary N) is 2. The van der Waals surface area contributed by atoms with Crippen LogP contribution < -0.4 is 14.9 Å². The highest BCUT2D eigenvalue weighted by Crippen LogP contribution is 2.23. The SMILES string of the molecule is COC(=O)c1nnn(C[C@H](O)[C@H](Cc2ccccc2)NC(=O)c2cc(C(=O)N[C@H](C)c3ccc(F)cc3)cc(N(C)S(C)(=O)=O)c2)c1C(=O)OC. The molecule has 1 heterocycles. The van der Waals surface area contributed by atoms with Crippen LogP contribution in [0.4, 0.5) is 10.1 Å². The third-order valence-corrected chi connectivity index (χ3v) is 9.16. The monoisotopic (exact) mass is 724 g/mol. The van der Waals surface area contributed by atoms with Crippen molar-refractivity contribution in [2.45, 2.75) is 38.1 Å². The predicted molar refractivity (Wildman–Crippen MR) is 182 cm³/mol. The Kier molecular flexibility index (Phi) is 12.2. The number of hydrogen-bond donors (Lipinski definition) is 3. The molecule has 0 radical (unpaired) electrons. The number of aromatic nitrogens is 3. The number of carbonyl (C=O) groups excluding carboxylic acids is 4. The van der Waals surface area contributed by atoms with Crippen molar-refractivity contribution in [3.8, 4) is 0 Å². The maximum atomic E-state index is 13.9. The van der Waals surface area contributed by atoms with Crippen molar-refractivity contribution in [2.75, 3.05) is 31.8 Å². The molecule has 17 heteroatoms. The van der Waals surface area contributed by atoms with Crippen molar-refractivity contribution in [2.24, 2.45) is 0 Å². The molecule has 4 rings (SSSR count). The van der Waals surface area contributed by atoms with Gasteiger partial charge in [0.25, 0.3) is 11.8 Å². The number of anilines is 1. The van der Waals surface area contributed by atoms with Gasteiger partial charge in [-0.25, -0.2) is 27.1 Å². The van der Waals surface area contributed by atoms with E-state index >= 15 is 0 Å². The highest BCUT2D eigenvalue weighted by molar-refractivity contribution is 7.92. The van der Waals surface area contributed by atoms with Crippen LogP contribution in [0.15, 0.2) is 72.8 Å². The van der Waals surface area contributed by atoms with Crippen LogP contribution in [0.1, 0.15) is 65.8 Å². The van der Waals surface area contributed by atoms with Gasteiger partial charge in [0.05, 0.1) is 50.9 Å². The lowest BCUT2D eigenvalue weighted by molar-refractivity contribution is 0.0533. The van der Waals surface area contributed by atoms with Crippen molar-refractivity contribution >= 4 is 39.5 Å². The van der Waals surface area contributed by atoms with Gasteiger partial charge in [0, 0.05) is 18.2 Å². The van der Waals surface area contributed by atoms with Crippen molar-refractivity contribution in [3.05, 3.63) is 112 Å². The number of rotatable bonds is 14. The second kappa shape index (κ2) is 16.4. The molecule has 270 valence electrons. The fourth-order valence-corrected chi connectivity index (χ4v) is 5.53. The van der Waals surface area contributed by atoms with Gasteiger partial charge in [-0.05, 0) is 54.8 Å². The summed E-state index contributed by atoms with van der Waals surface area (Å²) < 4.78 is 49.7. The molecule has 4 aromatic rings. The minimum atomic E-state index is -3.83. The molecule has 51 heavy (non-hydrogen) atoms. The number of aliphatic hydroxyl groups excluding tert-OH is 1. The van der Waals surface area contributed by atoms with Crippen LogP contribution in [0.5, 0.6) is 0 Å². The lowest BCUT2D eigenvalue weighted by atomic mass is 10.00. The Balaban J connectivity index is 1.69. The van der Waals surface area contributed by atoms with E-state index in [1.165, 1.54) is 49.5 Å². The van der Waals surface area contributed by atoms with E-state index in [2.05, 4.69) is 25.7 Å². The third kappa shape index (κ3) is 9.52. The van der Waals surface area contributed by atoms with Gasteiger partial charge in [-0.3, -0.25) is 13.9 Å². The minimum Gasteiger partial charge on any atom is -0.464 e. The number of amides is 2. The highest BCUT2D eigenvalue weighted by Gasteiger charge is 2.31. The zero-order valence-corrected chi connectivity index (χ0v) is 29.2. The second-order valence-corrected chi connectivity index (χ2v) is 13.5. The third-order valence-electron chi connectivity index (χ3n) is 7.95. The number of esters is 2. The number of aliphatic hydroxyl groups is 1. The average Bonchev–Trinajstić information content (AvgIpc) is 3.53. The largest absolute Gasteiger partial charge is 0.464 e. The number of hydrogen-bond acceptors (Lipinski definition) is 11. The highest BCUT2D eigenvalue weighted by atomic mass is 32.2. The number of methoxy groups -OCH3 is 2. The molecule has 0 saturated heterocycles. The smallest absolute Gasteiger partial charge is 0.361 e. The van der Waals surface area contributed by atoms with Gasteiger partial charge in [-0.2, -0.15) is 0 Å². The minimum absolute atomic E-state index is 0.00516. The van der Waals surface area contributed by atoms with Crippen molar-refractivity contribution in [1.82, 2.24) is 25.6 Å². The number of nitrogens with zero attached hydrogens (tertiary/aromatic N) is 4. The van der Waals surface area contributed by atoms with Crippen LogP contribution >= 0.6 is 0 Å². The molecule has 3 N–H and O–H groups in total. The standard InChI is InChI=1S/C34H37FN6O9S/c1-20(22-11-13-25(35)14-12-22)36-31(43)23-16-24(18-26(17-23)40(2)51(5,47)48)32(44)37-27(15-21-9-7-6-8-10-21)28(42)19-41-30(34(46)50-4)29(38-39-41)33(45)49-3/h6-14,16-18,20,27-28,42H,15,19H2,1-5H3,(H,36,43)(H,37,44)/t20-,27+,28+/m1/s1. The topological polar surface area (TPSA) is 199 Å². The summed E-state index contributed by atoms with van der Waals surface area (Å²) in [6.07, 6.45) is -0.419. The molecule has 3 atom stereocenters. The van der Waals surface area contributed by atoms with E-state index in [4.69, 9.17) is 4.74 Å². The van der Waals surface area contributed by atoms with Crippen LogP contribution in [0, 0.1) is 5.82 Å². The van der Waals surface area contributed by atoms with Crippen LogP contribution in [-0.4, -0.2) is 91.9 Å². The first-order valence-electron chi connectivity index (χ1n) is 15.4. The first-order chi connectivity index (χ1) is 24.1. The Morgan fingerprint density at radius 1 is 0.922 bits per heavy atom. The fourth-order valence-electron chi connectivity index (χ4n) is 5.04. The van der Waals surface area contributed by atoms with E-state index in [0.29, 0.717) is 11.1 Å². The molecule has 2 amide bonds. The lowest BCUT2D eigenvalue weighted by Crippen LogP contribution is -2.47. The number of halogens is 1. The number of carbonyl (C=O) groups is 4. The Morgan fingerprint density at radius 2 is 1.51 bits per heavy atom. The molecule has 0 saturated carbocycles. The summed E-state index contributed by atoms with van der Waals surface area (Å²) in [5.74, 6) is -3.80. The van der Waals surface area contributed by atoms with E-state index < -0.39 is 70.0 Å². The number of sulfonamides is 1. The van der Waals surface area contributed by atoms with Gasteiger partial charge >= 0.3 is 11.9 Å². The summed E-state index contributed by atoms with van der Waals surface area (Å²) in [4.78, 5) is 52.2. The maximum Gasteiger partial charge on any atom is 0.361 e. The lowest BCUT2D eigenvalue weighted by Gasteiger charge is -2.25. The number of benzene rings is 3. The summed E-state index contributed by atoms with van der Waals surface area (Å²) in [5.41, 5.74) is 0.336. The van der Waals surface area contributed by atoms with Gasteiger partial charge in [0.15, 0.2) is 5.69 Å². The van der Waals surface area contributed by atoms with Gasteiger partial charge in [0.2, 0.25) is 15.7 Å². The summed E-state index contributed by atoms with van der Waals surface area (Å²) in [6, 6.07) is 16.6. The van der Waals surface area contributed by atoms with Crippen LogP contribution in [0.25, 0.3) is 0 Å². The van der Waals surface area contributed by atoms with E-state index in [-0.39, 0.29) is 28.9 Å². The van der Waals surface area contributed by atoms with Crippen molar-refractivity contribution in [1.29, 1.82) is 0 Å². The molecule has 0 bridgehead atoms. The van der Waals surface area contributed by atoms with Crippen molar-refractivity contribution in [3.63, 3.8) is 0 Å². The fraction of sp³-hybridized carbons (Fsp3) is 0.294. The molecular formula is C34H37FN6O9S. The second-order valence-electron chi connectivity index (χ2n) is 11.5. The molecule has 0 unspecified atom stereocenters. The molecule has 3 aromatic carbocycles. The van der Waals surface area contributed by atoms with Crippen LogP contribution in [0.3, 0.4) is 0 Å².